The van der Waals surface area contributed by atoms with E-state index in [0.717, 1.165) is 61.4 Å². The van der Waals surface area contributed by atoms with E-state index in [1.807, 2.05) is 0 Å². The lowest BCUT2D eigenvalue weighted by Crippen LogP contribution is -1.96. The van der Waals surface area contributed by atoms with Crippen molar-refractivity contribution in [1.82, 2.24) is 15.0 Å². The van der Waals surface area contributed by atoms with E-state index >= 15 is 0 Å². The minimum Gasteiger partial charge on any atom is -0.247 e. The second kappa shape index (κ2) is 13.1. The van der Waals surface area contributed by atoms with Crippen molar-refractivity contribution in [2.24, 2.45) is 0 Å². The van der Waals surface area contributed by atoms with Gasteiger partial charge in [-0.3, -0.25) is 0 Å². The van der Waals surface area contributed by atoms with Gasteiger partial charge >= 0.3 is 0 Å². The predicted molar refractivity (Wildman–Crippen MR) is 235 cm³/mol. The van der Waals surface area contributed by atoms with Gasteiger partial charge in [-0.05, 0) is 73.8 Å². The Hall–Kier alpha value is -7.49. The molecule has 11 rings (SSSR count). The van der Waals surface area contributed by atoms with Crippen molar-refractivity contribution < 1.29 is 0 Å². The lowest BCUT2D eigenvalue weighted by atomic mass is 9.94. The van der Waals surface area contributed by atoms with Crippen LogP contribution in [0, 0.1) is 0 Å². The van der Waals surface area contributed by atoms with Gasteiger partial charge in [-0.1, -0.05) is 170 Å². The minimum absolute atomic E-state index is 0.691. The molecular weight excluding hydrogens is 679 g/mol. The number of aromatic nitrogens is 3. The van der Waals surface area contributed by atoms with Gasteiger partial charge in [0.15, 0.2) is 5.82 Å². The van der Waals surface area contributed by atoms with Gasteiger partial charge in [0.25, 0.3) is 0 Å². The third-order valence-electron chi connectivity index (χ3n) is 11.0. The van der Waals surface area contributed by atoms with Gasteiger partial charge in [-0.25, -0.2) is 15.0 Å². The number of hydrogen-bond acceptors (Lipinski definition) is 3. The summed E-state index contributed by atoms with van der Waals surface area (Å²) in [6.45, 7) is 0. The number of nitrogens with zero attached hydrogens (tertiary/aromatic N) is 3. The Bertz CT molecular complexity index is 3200. The summed E-state index contributed by atoms with van der Waals surface area (Å²) in [6.07, 6.45) is 0. The van der Waals surface area contributed by atoms with Gasteiger partial charge < -0.3 is 0 Å². The van der Waals surface area contributed by atoms with Gasteiger partial charge in [0.2, 0.25) is 0 Å². The smallest absolute Gasteiger partial charge is 0.160 e. The van der Waals surface area contributed by atoms with Crippen molar-refractivity contribution in [3.8, 4) is 56.3 Å². The minimum atomic E-state index is 0.691. The fraction of sp³-hybridized carbons (Fsp3) is 0. The largest absolute Gasteiger partial charge is 0.247 e. The van der Waals surface area contributed by atoms with Crippen LogP contribution >= 0.6 is 0 Å². The number of rotatable bonds is 5. The van der Waals surface area contributed by atoms with E-state index in [1.54, 1.807) is 0 Å². The number of para-hydroxylation sites is 1. The topological polar surface area (TPSA) is 38.7 Å². The van der Waals surface area contributed by atoms with Crippen molar-refractivity contribution in [3.63, 3.8) is 0 Å². The van der Waals surface area contributed by atoms with Gasteiger partial charge in [-0.2, -0.15) is 0 Å². The number of fused-ring (bicyclic) bond motifs is 7. The highest BCUT2D eigenvalue weighted by Crippen LogP contribution is 2.38. The molecule has 0 unspecified atom stereocenters. The monoisotopic (exact) mass is 711 g/mol. The molecule has 0 fully saturated rings. The van der Waals surface area contributed by atoms with Gasteiger partial charge in [0.05, 0.1) is 22.6 Å². The van der Waals surface area contributed by atoms with Crippen molar-refractivity contribution in [2.45, 2.75) is 0 Å². The van der Waals surface area contributed by atoms with Crippen molar-refractivity contribution in [2.75, 3.05) is 0 Å². The first-order valence-electron chi connectivity index (χ1n) is 19.0. The van der Waals surface area contributed by atoms with Crippen LogP contribution in [0.4, 0.5) is 0 Å². The summed E-state index contributed by atoms with van der Waals surface area (Å²) in [6, 6.07) is 71.0. The quantitative estimate of drug-likeness (QED) is 0.167. The zero-order valence-electron chi connectivity index (χ0n) is 30.4. The van der Waals surface area contributed by atoms with Crippen LogP contribution in [-0.2, 0) is 0 Å². The van der Waals surface area contributed by atoms with Crippen LogP contribution in [0.3, 0.4) is 0 Å². The van der Waals surface area contributed by atoms with Crippen LogP contribution in [0.25, 0.3) is 110 Å². The van der Waals surface area contributed by atoms with Crippen LogP contribution in [-0.4, -0.2) is 15.0 Å². The molecule has 3 nitrogen and oxygen atoms in total. The second-order valence-electron chi connectivity index (χ2n) is 14.4. The Morgan fingerprint density at radius 3 is 1.50 bits per heavy atom. The van der Waals surface area contributed by atoms with Gasteiger partial charge in [0.1, 0.15) is 0 Å². The molecule has 0 bridgehead atoms. The molecule has 0 aliphatic heterocycles. The van der Waals surface area contributed by atoms with E-state index in [1.165, 1.54) is 43.1 Å². The molecular formula is C53H33N3. The average molecular weight is 712 g/mol. The Balaban J connectivity index is 1.01. The van der Waals surface area contributed by atoms with Crippen LogP contribution in [0.5, 0.6) is 0 Å². The molecule has 0 saturated carbocycles. The van der Waals surface area contributed by atoms with E-state index < -0.39 is 0 Å². The van der Waals surface area contributed by atoms with E-state index in [0.29, 0.717) is 5.82 Å². The first-order valence-corrected chi connectivity index (χ1v) is 19.0. The predicted octanol–water partition coefficient (Wildman–Crippen LogP) is 14.0. The number of pyridine rings is 1. The molecule has 3 heteroatoms. The summed E-state index contributed by atoms with van der Waals surface area (Å²) < 4.78 is 0. The molecule has 11 aromatic rings. The highest BCUT2D eigenvalue weighted by molar-refractivity contribution is 6.22. The summed E-state index contributed by atoms with van der Waals surface area (Å²) >= 11 is 0. The Labute approximate surface area is 324 Å². The third kappa shape index (κ3) is 5.57. The van der Waals surface area contributed by atoms with Gasteiger partial charge in [-0.15, -0.1) is 0 Å². The number of benzene rings is 9. The zero-order chi connectivity index (χ0) is 37.0. The van der Waals surface area contributed by atoms with Crippen LogP contribution in [0.1, 0.15) is 0 Å². The summed E-state index contributed by atoms with van der Waals surface area (Å²) in [4.78, 5) is 15.6. The molecule has 9 aromatic carbocycles. The van der Waals surface area contributed by atoms with E-state index in [4.69, 9.17) is 15.0 Å². The Morgan fingerprint density at radius 2 is 0.804 bits per heavy atom. The highest BCUT2D eigenvalue weighted by atomic mass is 14.9. The fourth-order valence-electron chi connectivity index (χ4n) is 8.17. The highest BCUT2D eigenvalue weighted by Gasteiger charge is 2.15. The molecule has 260 valence electrons. The Kier molecular flexibility index (Phi) is 7.49. The SMILES string of the molecule is c1cc(-c2ccc(-c3nc4ccccc4c4c3ccc3ccccc34)cc2)cc(-c2nc(-c3ccc4ccccc4c3)cc(-c3ccc4ccccc4c3)n2)c1. The maximum Gasteiger partial charge on any atom is 0.160 e. The molecule has 0 atom stereocenters. The normalized spacial score (nSPS) is 11.6. The maximum atomic E-state index is 5.22. The van der Waals surface area contributed by atoms with E-state index in [-0.39, 0.29) is 0 Å². The molecule has 0 N–H and O–H groups in total. The Morgan fingerprint density at radius 1 is 0.268 bits per heavy atom. The first kappa shape index (κ1) is 32.0. The average Bonchev–Trinajstić information content (AvgIpc) is 3.28. The standard InChI is InChI=1S/C53H33N3/c1-3-13-39-30-42(26-22-34(39)10-1)49-33-50(43-27-23-35-11-2-4-14-40(35)31-43)56-53(55-49)44-16-9-15-41(32-44)36-20-24-38(25-21-36)52-47-29-28-37-12-5-6-17-45(37)51(47)46-18-7-8-19-48(46)54-52/h1-33H. The molecule has 2 heterocycles. The lowest BCUT2D eigenvalue weighted by molar-refractivity contribution is 1.18. The molecule has 0 spiro atoms. The van der Waals surface area contributed by atoms with Crippen molar-refractivity contribution >= 4 is 54.0 Å². The van der Waals surface area contributed by atoms with Crippen LogP contribution in [0.15, 0.2) is 200 Å². The maximum absolute atomic E-state index is 5.22. The summed E-state index contributed by atoms with van der Waals surface area (Å²) in [7, 11) is 0. The fourth-order valence-corrected chi connectivity index (χ4v) is 8.17. The van der Waals surface area contributed by atoms with Crippen LogP contribution < -0.4 is 0 Å². The van der Waals surface area contributed by atoms with Crippen LogP contribution in [0.2, 0.25) is 0 Å². The first-order chi connectivity index (χ1) is 27.7. The zero-order valence-corrected chi connectivity index (χ0v) is 30.4. The molecule has 0 radical (unpaired) electrons. The lowest BCUT2D eigenvalue weighted by Gasteiger charge is -2.13. The molecule has 0 aliphatic carbocycles. The number of hydrogen-bond donors (Lipinski definition) is 0. The van der Waals surface area contributed by atoms with Crippen molar-refractivity contribution in [1.29, 1.82) is 0 Å². The molecule has 56 heavy (non-hydrogen) atoms. The van der Waals surface area contributed by atoms with E-state index in [2.05, 4.69) is 200 Å². The molecule has 0 aliphatic rings. The van der Waals surface area contributed by atoms with Gasteiger partial charge in [0, 0.05) is 38.4 Å². The second-order valence-corrected chi connectivity index (χ2v) is 14.4. The van der Waals surface area contributed by atoms with Crippen molar-refractivity contribution in [3.05, 3.63) is 200 Å². The summed E-state index contributed by atoms with van der Waals surface area (Å²) in [5.41, 5.74) is 10.2. The summed E-state index contributed by atoms with van der Waals surface area (Å²) in [5.74, 6) is 0.691. The third-order valence-corrected chi connectivity index (χ3v) is 11.0. The molecule has 2 aromatic heterocycles. The van der Waals surface area contributed by atoms with E-state index in [9.17, 15) is 0 Å². The summed E-state index contributed by atoms with van der Waals surface area (Å²) in [5, 5.41) is 10.8. The molecule has 0 amide bonds. The molecule has 0 saturated heterocycles.